The average molecular weight is 261 g/mol. The van der Waals surface area contributed by atoms with Crippen LogP contribution in [0.5, 0.6) is 5.75 Å². The van der Waals surface area contributed by atoms with Gasteiger partial charge in [0.1, 0.15) is 11.9 Å². The predicted molar refractivity (Wildman–Crippen MR) is 75.6 cm³/mol. The van der Waals surface area contributed by atoms with E-state index in [4.69, 9.17) is 9.47 Å². The first-order valence-corrected chi connectivity index (χ1v) is 7.36. The van der Waals surface area contributed by atoms with Gasteiger partial charge in [-0.05, 0) is 37.3 Å². The summed E-state index contributed by atoms with van der Waals surface area (Å²) in [4.78, 5) is 0. The number of hydrogen-bond donors (Lipinski definition) is 1. The van der Waals surface area contributed by atoms with Crippen molar-refractivity contribution in [2.24, 2.45) is 0 Å². The quantitative estimate of drug-likeness (QED) is 0.903. The Morgan fingerprint density at radius 2 is 2.21 bits per heavy atom. The molecule has 0 aromatic heterocycles. The van der Waals surface area contributed by atoms with Crippen LogP contribution in [0.3, 0.4) is 0 Å². The molecule has 1 aromatic carbocycles. The summed E-state index contributed by atoms with van der Waals surface area (Å²) in [6.45, 7) is 0.940. The fourth-order valence-corrected chi connectivity index (χ4v) is 3.21. The summed E-state index contributed by atoms with van der Waals surface area (Å²) in [5.74, 6) is 1.06. The van der Waals surface area contributed by atoms with Gasteiger partial charge in [0.05, 0.1) is 6.10 Å². The third-order valence-electron chi connectivity index (χ3n) is 4.31. The van der Waals surface area contributed by atoms with Gasteiger partial charge in [0, 0.05) is 26.1 Å². The van der Waals surface area contributed by atoms with Crippen molar-refractivity contribution in [2.45, 2.75) is 50.4 Å². The van der Waals surface area contributed by atoms with Gasteiger partial charge in [-0.1, -0.05) is 18.2 Å². The zero-order valence-electron chi connectivity index (χ0n) is 11.6. The van der Waals surface area contributed by atoms with Gasteiger partial charge in [0.15, 0.2) is 0 Å². The Morgan fingerprint density at radius 3 is 3.05 bits per heavy atom. The highest BCUT2D eigenvalue weighted by Crippen LogP contribution is 2.28. The smallest absolute Gasteiger partial charge is 0.123 e. The Kier molecular flexibility index (Phi) is 4.04. The van der Waals surface area contributed by atoms with Gasteiger partial charge in [-0.3, -0.25) is 0 Å². The minimum atomic E-state index is 0.292. The zero-order valence-corrected chi connectivity index (χ0v) is 11.6. The van der Waals surface area contributed by atoms with Gasteiger partial charge in [-0.25, -0.2) is 0 Å². The second kappa shape index (κ2) is 5.93. The van der Waals surface area contributed by atoms with Crippen LogP contribution in [-0.2, 0) is 11.2 Å². The van der Waals surface area contributed by atoms with Gasteiger partial charge in [-0.2, -0.15) is 0 Å². The molecule has 1 aromatic rings. The van der Waals surface area contributed by atoms with Crippen molar-refractivity contribution in [3.63, 3.8) is 0 Å². The van der Waals surface area contributed by atoms with Crippen molar-refractivity contribution in [1.29, 1.82) is 0 Å². The highest BCUT2D eigenvalue weighted by atomic mass is 16.5. The van der Waals surface area contributed by atoms with Crippen LogP contribution >= 0.6 is 0 Å². The highest BCUT2D eigenvalue weighted by Gasteiger charge is 2.25. The molecule has 3 rings (SSSR count). The molecule has 0 amide bonds. The monoisotopic (exact) mass is 261 g/mol. The Labute approximate surface area is 115 Å². The molecule has 2 aliphatic rings. The van der Waals surface area contributed by atoms with Gasteiger partial charge in [-0.15, -0.1) is 0 Å². The van der Waals surface area contributed by atoms with Crippen molar-refractivity contribution in [1.82, 2.24) is 5.32 Å². The molecule has 0 radical (unpaired) electrons. The minimum Gasteiger partial charge on any atom is -0.488 e. The summed E-state index contributed by atoms with van der Waals surface area (Å²) < 4.78 is 11.4. The number of hydrogen-bond acceptors (Lipinski definition) is 3. The topological polar surface area (TPSA) is 30.5 Å². The minimum absolute atomic E-state index is 0.292. The van der Waals surface area contributed by atoms with Gasteiger partial charge >= 0.3 is 0 Å². The third kappa shape index (κ3) is 3.10. The number of fused-ring (bicyclic) bond motifs is 1. The summed E-state index contributed by atoms with van der Waals surface area (Å²) >= 11 is 0. The molecule has 19 heavy (non-hydrogen) atoms. The van der Waals surface area contributed by atoms with Crippen LogP contribution in [0.4, 0.5) is 0 Å². The molecule has 3 unspecified atom stereocenters. The average Bonchev–Trinajstić information content (AvgIpc) is 2.88. The van der Waals surface area contributed by atoms with E-state index in [0.29, 0.717) is 18.2 Å². The Hall–Kier alpha value is -1.06. The van der Waals surface area contributed by atoms with Crippen LogP contribution in [0.25, 0.3) is 0 Å². The van der Waals surface area contributed by atoms with E-state index in [2.05, 4.69) is 23.5 Å². The van der Waals surface area contributed by atoms with Crippen LogP contribution in [0, 0.1) is 0 Å². The molecule has 0 spiro atoms. The second-order valence-electron chi connectivity index (χ2n) is 5.68. The van der Waals surface area contributed by atoms with E-state index in [1.807, 2.05) is 13.2 Å². The van der Waals surface area contributed by atoms with Gasteiger partial charge < -0.3 is 14.8 Å². The Bertz CT molecular complexity index is 396. The molecule has 3 heteroatoms. The van der Waals surface area contributed by atoms with E-state index in [-0.39, 0.29) is 0 Å². The Morgan fingerprint density at radius 1 is 1.32 bits per heavy atom. The number of nitrogens with one attached hydrogen (secondary N) is 1. The molecule has 1 heterocycles. The maximum absolute atomic E-state index is 5.96. The first-order valence-electron chi connectivity index (χ1n) is 7.36. The van der Waals surface area contributed by atoms with E-state index >= 15 is 0 Å². The lowest BCUT2D eigenvalue weighted by atomic mass is 9.92. The van der Waals surface area contributed by atoms with Crippen LogP contribution in [-0.4, -0.2) is 31.9 Å². The molecule has 1 aliphatic heterocycles. The number of para-hydroxylation sites is 1. The maximum atomic E-state index is 5.96. The number of benzene rings is 1. The fourth-order valence-electron chi connectivity index (χ4n) is 3.21. The van der Waals surface area contributed by atoms with E-state index in [1.165, 1.54) is 24.8 Å². The van der Waals surface area contributed by atoms with E-state index in [9.17, 15) is 0 Å². The normalized spacial score (nSPS) is 29.8. The molecule has 1 fully saturated rings. The lowest BCUT2D eigenvalue weighted by Gasteiger charge is -2.29. The van der Waals surface area contributed by atoms with Crippen LogP contribution < -0.4 is 10.1 Å². The molecule has 3 nitrogen and oxygen atoms in total. The van der Waals surface area contributed by atoms with Gasteiger partial charge in [0.2, 0.25) is 0 Å². The van der Waals surface area contributed by atoms with Gasteiger partial charge in [0.25, 0.3) is 0 Å². The summed E-state index contributed by atoms with van der Waals surface area (Å²) in [7, 11) is 1.82. The SMILES string of the molecule is COC1CCCC(NCC2Cc3ccccc3O2)C1. The molecule has 1 aliphatic carbocycles. The molecule has 1 N–H and O–H groups in total. The lowest BCUT2D eigenvalue weighted by Crippen LogP contribution is -2.41. The summed E-state index contributed by atoms with van der Waals surface area (Å²) in [5.41, 5.74) is 1.34. The van der Waals surface area contributed by atoms with E-state index < -0.39 is 0 Å². The first-order chi connectivity index (χ1) is 9.35. The van der Waals surface area contributed by atoms with Crippen molar-refractivity contribution < 1.29 is 9.47 Å². The second-order valence-corrected chi connectivity index (χ2v) is 5.68. The van der Waals surface area contributed by atoms with Crippen molar-refractivity contribution in [3.05, 3.63) is 29.8 Å². The number of ether oxygens (including phenoxy) is 2. The van der Waals surface area contributed by atoms with E-state index in [1.54, 1.807) is 0 Å². The molecule has 1 saturated carbocycles. The largest absolute Gasteiger partial charge is 0.488 e. The lowest BCUT2D eigenvalue weighted by molar-refractivity contribution is 0.0571. The molecule has 104 valence electrons. The highest BCUT2D eigenvalue weighted by molar-refractivity contribution is 5.37. The standard InChI is InChI=1S/C16H23NO2/c1-18-14-7-4-6-13(10-14)17-11-15-9-12-5-2-3-8-16(12)19-15/h2-3,5,8,13-15,17H,4,6-7,9-11H2,1H3. The molecule has 0 bridgehead atoms. The summed E-state index contributed by atoms with van der Waals surface area (Å²) in [6.07, 6.45) is 6.63. The zero-order chi connectivity index (χ0) is 13.1. The maximum Gasteiger partial charge on any atom is 0.123 e. The third-order valence-corrected chi connectivity index (χ3v) is 4.31. The molecular weight excluding hydrogens is 238 g/mol. The van der Waals surface area contributed by atoms with Crippen LogP contribution in [0.1, 0.15) is 31.2 Å². The molecule has 0 saturated heterocycles. The fraction of sp³-hybridized carbons (Fsp3) is 0.625. The van der Waals surface area contributed by atoms with Crippen molar-refractivity contribution in [3.8, 4) is 5.75 Å². The predicted octanol–water partition coefficient (Wildman–Crippen LogP) is 2.54. The number of rotatable bonds is 4. The van der Waals surface area contributed by atoms with Crippen molar-refractivity contribution >= 4 is 0 Å². The van der Waals surface area contributed by atoms with E-state index in [0.717, 1.165) is 25.1 Å². The Balaban J connectivity index is 1.46. The summed E-state index contributed by atoms with van der Waals surface area (Å²) in [6, 6.07) is 8.95. The summed E-state index contributed by atoms with van der Waals surface area (Å²) in [5, 5.41) is 3.66. The number of methoxy groups -OCH3 is 1. The van der Waals surface area contributed by atoms with Crippen LogP contribution in [0.15, 0.2) is 24.3 Å². The molecular formula is C16H23NO2. The first kappa shape index (κ1) is 12.9. The van der Waals surface area contributed by atoms with Crippen LogP contribution in [0.2, 0.25) is 0 Å². The molecule has 3 atom stereocenters. The van der Waals surface area contributed by atoms with Crippen molar-refractivity contribution in [2.75, 3.05) is 13.7 Å².